The third-order valence-corrected chi connectivity index (χ3v) is 3.89. The molecule has 108 valence electrons. The summed E-state index contributed by atoms with van der Waals surface area (Å²) in [4.78, 5) is 21.8. The number of nitro groups is 1. The number of carboxylic acids is 1. The number of carboxylic acid groups (broad SMARTS) is 1. The van der Waals surface area contributed by atoms with E-state index < -0.39 is 16.4 Å². The maximum absolute atomic E-state index is 11.1. The molecule has 0 unspecified atom stereocenters. The van der Waals surface area contributed by atoms with Gasteiger partial charge in [0.2, 0.25) is 0 Å². The van der Waals surface area contributed by atoms with E-state index in [1.165, 1.54) is 6.07 Å². The quantitative estimate of drug-likeness (QED) is 0.637. The van der Waals surface area contributed by atoms with E-state index in [1.54, 1.807) is 19.1 Å². The van der Waals surface area contributed by atoms with Gasteiger partial charge < -0.3 is 10.4 Å². The Bertz CT molecular complexity index is 536. The van der Waals surface area contributed by atoms with E-state index in [-0.39, 0.29) is 12.1 Å². The van der Waals surface area contributed by atoms with Gasteiger partial charge in [0, 0.05) is 11.6 Å². The normalized spacial score (nSPS) is 16.9. The molecule has 2 rings (SSSR count). The van der Waals surface area contributed by atoms with Crippen LogP contribution >= 0.6 is 0 Å². The first-order valence-electron chi connectivity index (χ1n) is 6.67. The third-order valence-electron chi connectivity index (χ3n) is 3.89. The summed E-state index contributed by atoms with van der Waals surface area (Å²) < 4.78 is 0. The van der Waals surface area contributed by atoms with Gasteiger partial charge >= 0.3 is 5.97 Å². The lowest BCUT2D eigenvalue weighted by molar-refractivity contribution is -0.384. The van der Waals surface area contributed by atoms with Crippen LogP contribution in [0, 0.1) is 17.0 Å². The van der Waals surface area contributed by atoms with Gasteiger partial charge in [-0.1, -0.05) is 25.0 Å². The second kappa shape index (κ2) is 5.48. The molecular weight excluding hydrogens is 260 g/mol. The van der Waals surface area contributed by atoms with Gasteiger partial charge in [0.1, 0.15) is 5.69 Å². The van der Waals surface area contributed by atoms with Crippen molar-refractivity contribution >= 4 is 17.3 Å². The van der Waals surface area contributed by atoms with E-state index in [4.69, 9.17) is 5.11 Å². The molecule has 0 spiro atoms. The fourth-order valence-corrected chi connectivity index (χ4v) is 2.92. The predicted molar refractivity (Wildman–Crippen MR) is 74.9 cm³/mol. The van der Waals surface area contributed by atoms with Crippen molar-refractivity contribution in [3.63, 3.8) is 0 Å². The lowest BCUT2D eigenvalue weighted by Crippen LogP contribution is -2.38. The van der Waals surface area contributed by atoms with E-state index in [1.807, 2.05) is 0 Å². The molecule has 0 saturated heterocycles. The van der Waals surface area contributed by atoms with Crippen molar-refractivity contribution in [2.45, 2.75) is 44.6 Å². The van der Waals surface area contributed by atoms with Crippen LogP contribution in [0.25, 0.3) is 0 Å². The molecule has 1 aliphatic carbocycles. The molecular formula is C14H18N2O4. The SMILES string of the molecule is Cc1cccc([N+](=O)[O-])c1NC1(CC(=O)O)CCCC1. The van der Waals surface area contributed by atoms with Crippen molar-refractivity contribution in [1.82, 2.24) is 0 Å². The zero-order valence-electron chi connectivity index (χ0n) is 11.4. The van der Waals surface area contributed by atoms with Crippen LogP contribution in [0.5, 0.6) is 0 Å². The Morgan fingerprint density at radius 2 is 2.10 bits per heavy atom. The molecule has 6 heteroatoms. The van der Waals surface area contributed by atoms with Crippen LogP contribution in [0.1, 0.15) is 37.7 Å². The first kappa shape index (κ1) is 14.3. The van der Waals surface area contributed by atoms with Crippen LogP contribution in [0.2, 0.25) is 0 Å². The number of nitro benzene ring substituents is 1. The van der Waals surface area contributed by atoms with Crippen LogP contribution in [-0.4, -0.2) is 21.5 Å². The van der Waals surface area contributed by atoms with Crippen LogP contribution in [0.4, 0.5) is 11.4 Å². The number of para-hydroxylation sites is 1. The minimum absolute atomic E-state index is 0.00154. The number of nitrogens with zero attached hydrogens (tertiary/aromatic N) is 1. The minimum Gasteiger partial charge on any atom is -0.481 e. The van der Waals surface area contributed by atoms with Gasteiger partial charge in [0.15, 0.2) is 0 Å². The smallest absolute Gasteiger partial charge is 0.305 e. The highest BCUT2D eigenvalue weighted by Crippen LogP contribution is 2.39. The van der Waals surface area contributed by atoms with Gasteiger partial charge in [0.05, 0.1) is 11.3 Å². The molecule has 0 heterocycles. The fraction of sp³-hybridized carbons (Fsp3) is 0.500. The Morgan fingerprint density at radius 3 is 2.65 bits per heavy atom. The zero-order valence-corrected chi connectivity index (χ0v) is 11.4. The molecule has 1 aromatic carbocycles. The van der Waals surface area contributed by atoms with Gasteiger partial charge in [-0.05, 0) is 25.3 Å². The number of nitrogens with one attached hydrogen (secondary N) is 1. The summed E-state index contributed by atoms with van der Waals surface area (Å²) in [6.07, 6.45) is 3.33. The zero-order chi connectivity index (χ0) is 14.8. The first-order chi connectivity index (χ1) is 9.43. The summed E-state index contributed by atoms with van der Waals surface area (Å²) in [5, 5.41) is 23.4. The second-order valence-electron chi connectivity index (χ2n) is 5.41. The molecule has 6 nitrogen and oxygen atoms in total. The summed E-state index contributed by atoms with van der Waals surface area (Å²) in [6.45, 7) is 1.79. The summed E-state index contributed by atoms with van der Waals surface area (Å²) in [5.41, 5.74) is 0.640. The largest absolute Gasteiger partial charge is 0.481 e. The highest BCUT2D eigenvalue weighted by Gasteiger charge is 2.37. The maximum Gasteiger partial charge on any atom is 0.305 e. The number of anilines is 1. The topological polar surface area (TPSA) is 92.5 Å². The Labute approximate surface area is 117 Å². The van der Waals surface area contributed by atoms with Crippen LogP contribution < -0.4 is 5.32 Å². The number of benzene rings is 1. The molecule has 1 saturated carbocycles. The van der Waals surface area contributed by atoms with E-state index in [9.17, 15) is 14.9 Å². The Balaban J connectivity index is 2.36. The Kier molecular flexibility index (Phi) is 3.92. The van der Waals surface area contributed by atoms with Crippen LogP contribution in [-0.2, 0) is 4.79 Å². The van der Waals surface area contributed by atoms with Crippen molar-refractivity contribution in [3.8, 4) is 0 Å². The van der Waals surface area contributed by atoms with Gasteiger partial charge in [0.25, 0.3) is 5.69 Å². The summed E-state index contributed by atoms with van der Waals surface area (Å²) in [7, 11) is 0. The average molecular weight is 278 g/mol. The van der Waals surface area contributed by atoms with Crippen molar-refractivity contribution in [2.24, 2.45) is 0 Å². The molecule has 1 aliphatic rings. The predicted octanol–water partition coefficient (Wildman–Crippen LogP) is 3.10. The Hall–Kier alpha value is -2.11. The van der Waals surface area contributed by atoms with Gasteiger partial charge in [-0.3, -0.25) is 14.9 Å². The van der Waals surface area contributed by atoms with E-state index in [0.717, 1.165) is 31.2 Å². The Morgan fingerprint density at radius 1 is 1.45 bits per heavy atom. The number of carbonyl (C=O) groups is 1. The van der Waals surface area contributed by atoms with Crippen molar-refractivity contribution in [1.29, 1.82) is 0 Å². The summed E-state index contributed by atoms with van der Waals surface area (Å²) >= 11 is 0. The average Bonchev–Trinajstić information content (AvgIpc) is 2.79. The van der Waals surface area contributed by atoms with E-state index in [2.05, 4.69) is 5.32 Å². The molecule has 20 heavy (non-hydrogen) atoms. The molecule has 0 aromatic heterocycles. The number of hydrogen-bond acceptors (Lipinski definition) is 4. The van der Waals surface area contributed by atoms with Crippen molar-refractivity contribution < 1.29 is 14.8 Å². The van der Waals surface area contributed by atoms with Crippen LogP contribution in [0.3, 0.4) is 0 Å². The van der Waals surface area contributed by atoms with Crippen molar-refractivity contribution in [2.75, 3.05) is 5.32 Å². The molecule has 0 atom stereocenters. The number of aryl methyl sites for hydroxylation is 1. The lowest BCUT2D eigenvalue weighted by atomic mass is 9.92. The van der Waals surface area contributed by atoms with Crippen molar-refractivity contribution in [3.05, 3.63) is 33.9 Å². The molecule has 1 aromatic rings. The molecule has 0 amide bonds. The van der Waals surface area contributed by atoms with Gasteiger partial charge in [-0.15, -0.1) is 0 Å². The summed E-state index contributed by atoms with van der Waals surface area (Å²) in [5.74, 6) is -0.879. The molecule has 0 radical (unpaired) electrons. The fourth-order valence-electron chi connectivity index (χ4n) is 2.92. The van der Waals surface area contributed by atoms with Gasteiger partial charge in [-0.25, -0.2) is 0 Å². The number of rotatable bonds is 5. The minimum atomic E-state index is -0.879. The molecule has 0 bridgehead atoms. The molecule has 1 fully saturated rings. The lowest BCUT2D eigenvalue weighted by Gasteiger charge is -2.30. The molecule has 2 N–H and O–H groups in total. The number of aliphatic carboxylic acids is 1. The number of hydrogen-bond donors (Lipinski definition) is 2. The molecule has 0 aliphatic heterocycles. The second-order valence-corrected chi connectivity index (χ2v) is 5.41. The van der Waals surface area contributed by atoms with Crippen LogP contribution in [0.15, 0.2) is 18.2 Å². The van der Waals surface area contributed by atoms with Gasteiger partial charge in [-0.2, -0.15) is 0 Å². The summed E-state index contributed by atoms with van der Waals surface area (Å²) in [6, 6.07) is 4.87. The maximum atomic E-state index is 11.1. The monoisotopic (exact) mass is 278 g/mol. The van der Waals surface area contributed by atoms with E-state index >= 15 is 0 Å². The van der Waals surface area contributed by atoms with E-state index in [0.29, 0.717) is 5.69 Å². The first-order valence-corrected chi connectivity index (χ1v) is 6.67. The highest BCUT2D eigenvalue weighted by atomic mass is 16.6. The highest BCUT2D eigenvalue weighted by molar-refractivity contribution is 5.72. The third kappa shape index (κ3) is 2.89. The standard InChI is InChI=1S/C14H18N2O4/c1-10-5-4-6-11(16(19)20)13(10)15-14(9-12(17)18)7-2-3-8-14/h4-6,15H,2-3,7-9H2,1H3,(H,17,18).